The average Bonchev–Trinajstić information content (AvgIpc) is 3.05. The van der Waals surface area contributed by atoms with Gasteiger partial charge in [0.1, 0.15) is 12.3 Å². The Morgan fingerprint density at radius 1 is 1.26 bits per heavy atom. The summed E-state index contributed by atoms with van der Waals surface area (Å²) in [5.74, 6) is 1.11. The summed E-state index contributed by atoms with van der Waals surface area (Å²) in [4.78, 5) is 20.8. The molecule has 2 aromatic heterocycles. The van der Waals surface area contributed by atoms with Crippen molar-refractivity contribution in [2.75, 3.05) is 0 Å². The largest absolute Gasteiger partial charge is 0.473 e. The number of benzene rings is 1. The molecule has 0 saturated heterocycles. The lowest BCUT2D eigenvalue weighted by Gasteiger charge is -2.12. The summed E-state index contributed by atoms with van der Waals surface area (Å²) in [5, 5.41) is 7.33. The van der Waals surface area contributed by atoms with Gasteiger partial charge in [0.05, 0.1) is 0 Å². The van der Waals surface area contributed by atoms with Crippen LogP contribution >= 0.6 is 11.6 Å². The Morgan fingerprint density at radius 2 is 2.07 bits per heavy atom. The summed E-state index contributed by atoms with van der Waals surface area (Å²) in [7, 11) is 0. The number of carbonyl (C=O) groups excluding carboxylic acids is 1. The van der Waals surface area contributed by atoms with Crippen molar-refractivity contribution in [1.29, 1.82) is 0 Å². The third kappa shape index (κ3) is 5.52. The highest BCUT2D eigenvalue weighted by molar-refractivity contribution is 6.30. The van der Waals surface area contributed by atoms with E-state index in [9.17, 15) is 4.79 Å². The molecule has 0 radical (unpaired) electrons. The molecule has 0 aliphatic rings. The van der Waals surface area contributed by atoms with Crippen molar-refractivity contribution in [2.45, 2.75) is 32.9 Å². The van der Waals surface area contributed by atoms with Gasteiger partial charge in [0.15, 0.2) is 5.82 Å². The Bertz CT molecular complexity index is 929. The van der Waals surface area contributed by atoms with E-state index in [1.54, 1.807) is 31.2 Å². The molecule has 1 amide bonds. The van der Waals surface area contributed by atoms with Crippen molar-refractivity contribution in [1.82, 2.24) is 20.4 Å². The lowest BCUT2D eigenvalue weighted by Crippen LogP contribution is -2.34. The molecule has 7 nitrogen and oxygen atoms in total. The minimum atomic E-state index is -0.295. The number of aromatic nitrogens is 3. The second kappa shape index (κ2) is 8.64. The first-order valence-electron chi connectivity index (χ1n) is 8.44. The molecule has 2 heterocycles. The van der Waals surface area contributed by atoms with Gasteiger partial charge < -0.3 is 14.6 Å². The van der Waals surface area contributed by atoms with E-state index in [2.05, 4.69) is 20.4 Å². The van der Waals surface area contributed by atoms with Gasteiger partial charge in [-0.05, 0) is 30.7 Å². The molecular weight excluding hydrogens is 368 g/mol. The first-order valence-corrected chi connectivity index (χ1v) is 8.82. The van der Waals surface area contributed by atoms with Crippen molar-refractivity contribution in [2.24, 2.45) is 0 Å². The van der Waals surface area contributed by atoms with Gasteiger partial charge in [-0.25, -0.2) is 4.98 Å². The van der Waals surface area contributed by atoms with Gasteiger partial charge in [-0.2, -0.15) is 4.98 Å². The zero-order valence-electron chi connectivity index (χ0n) is 15.0. The van der Waals surface area contributed by atoms with Crippen LogP contribution in [0.4, 0.5) is 0 Å². The van der Waals surface area contributed by atoms with Gasteiger partial charge in [0, 0.05) is 30.5 Å². The second-order valence-electron chi connectivity index (χ2n) is 6.09. The van der Waals surface area contributed by atoms with E-state index in [1.165, 1.54) is 0 Å². The summed E-state index contributed by atoms with van der Waals surface area (Å²) in [5.41, 5.74) is 1.19. The van der Waals surface area contributed by atoms with Gasteiger partial charge in [-0.3, -0.25) is 4.79 Å². The monoisotopic (exact) mass is 386 g/mol. The second-order valence-corrected chi connectivity index (χ2v) is 6.52. The average molecular weight is 387 g/mol. The number of halogens is 1. The van der Waals surface area contributed by atoms with Crippen LogP contribution in [0.3, 0.4) is 0 Å². The molecule has 0 fully saturated rings. The van der Waals surface area contributed by atoms with Crippen molar-refractivity contribution in [3.05, 3.63) is 70.5 Å². The highest BCUT2D eigenvalue weighted by Gasteiger charge is 2.14. The van der Waals surface area contributed by atoms with E-state index in [0.717, 1.165) is 5.56 Å². The normalized spacial score (nSPS) is 11.8. The van der Waals surface area contributed by atoms with Crippen LogP contribution in [0.15, 0.2) is 47.0 Å². The molecule has 3 aromatic rings. The number of carbonyl (C=O) groups is 1. The number of ether oxygens (including phenoxy) is 1. The lowest BCUT2D eigenvalue weighted by molar-refractivity contribution is 0.0933. The highest BCUT2D eigenvalue weighted by Crippen LogP contribution is 2.14. The number of rotatable bonds is 7. The Hall–Kier alpha value is -2.93. The molecule has 0 aliphatic carbocycles. The van der Waals surface area contributed by atoms with Gasteiger partial charge >= 0.3 is 0 Å². The lowest BCUT2D eigenvalue weighted by atomic mass is 10.2. The zero-order valence-corrected chi connectivity index (χ0v) is 15.7. The fourth-order valence-corrected chi connectivity index (χ4v) is 2.67. The molecule has 3 rings (SSSR count). The third-order valence-electron chi connectivity index (χ3n) is 3.67. The predicted octanol–water partition coefficient (Wildman–Crippen LogP) is 3.37. The number of amides is 1. The van der Waals surface area contributed by atoms with E-state index < -0.39 is 0 Å². The quantitative estimate of drug-likeness (QED) is 0.669. The van der Waals surface area contributed by atoms with E-state index >= 15 is 0 Å². The maximum Gasteiger partial charge on any atom is 0.270 e. The van der Waals surface area contributed by atoms with Crippen LogP contribution in [0.2, 0.25) is 5.02 Å². The predicted molar refractivity (Wildman–Crippen MR) is 99.7 cm³/mol. The van der Waals surface area contributed by atoms with Gasteiger partial charge in [-0.15, -0.1) is 0 Å². The number of nitrogens with zero attached hydrogens (tertiary/aromatic N) is 3. The Morgan fingerprint density at radius 3 is 2.81 bits per heavy atom. The topological polar surface area (TPSA) is 90.1 Å². The van der Waals surface area contributed by atoms with Gasteiger partial charge in [0.2, 0.25) is 11.8 Å². The van der Waals surface area contributed by atoms with Crippen LogP contribution < -0.4 is 10.1 Å². The Labute approximate surface area is 161 Å². The molecule has 1 unspecified atom stereocenters. The molecule has 0 spiro atoms. The fraction of sp³-hybridized carbons (Fsp3) is 0.263. The minimum absolute atomic E-state index is 0.174. The molecule has 1 atom stereocenters. The summed E-state index contributed by atoms with van der Waals surface area (Å²) in [6.45, 7) is 3.90. The number of pyridine rings is 1. The standard InChI is InChI=1S/C19H19ClN4O3/c1-12(9-17-22-13(2)27-24-17)21-19(25)16-7-4-8-18(23-16)26-11-14-5-3-6-15(20)10-14/h3-8,10,12H,9,11H2,1-2H3,(H,21,25). The molecule has 0 aliphatic heterocycles. The van der Waals surface area contributed by atoms with Crippen molar-refractivity contribution >= 4 is 17.5 Å². The Balaban J connectivity index is 1.57. The summed E-state index contributed by atoms with van der Waals surface area (Å²) >= 11 is 5.96. The number of aryl methyl sites for hydroxylation is 1. The number of hydrogen-bond donors (Lipinski definition) is 1. The van der Waals surface area contributed by atoms with E-state index in [1.807, 2.05) is 25.1 Å². The van der Waals surface area contributed by atoms with Crippen LogP contribution in [0, 0.1) is 6.92 Å². The highest BCUT2D eigenvalue weighted by atomic mass is 35.5. The zero-order chi connectivity index (χ0) is 19.2. The molecule has 27 heavy (non-hydrogen) atoms. The maximum atomic E-state index is 12.4. The van der Waals surface area contributed by atoms with Crippen molar-refractivity contribution in [3.63, 3.8) is 0 Å². The number of hydrogen-bond acceptors (Lipinski definition) is 6. The van der Waals surface area contributed by atoms with E-state index in [0.29, 0.717) is 35.6 Å². The van der Waals surface area contributed by atoms with Gasteiger partial charge in [-0.1, -0.05) is 35.0 Å². The summed E-state index contributed by atoms with van der Waals surface area (Å²) in [6, 6.07) is 12.3. The number of nitrogens with one attached hydrogen (secondary N) is 1. The summed E-state index contributed by atoms with van der Waals surface area (Å²) < 4.78 is 10.6. The van der Waals surface area contributed by atoms with Crippen molar-refractivity contribution in [3.8, 4) is 5.88 Å². The SMILES string of the molecule is Cc1nc(CC(C)NC(=O)c2cccc(OCc3cccc(Cl)c3)n2)no1. The molecular formula is C19H19ClN4O3. The molecule has 1 N–H and O–H groups in total. The Kier molecular flexibility index (Phi) is 6.03. The molecule has 1 aromatic carbocycles. The van der Waals surface area contributed by atoms with Crippen LogP contribution in [0.1, 0.15) is 34.7 Å². The van der Waals surface area contributed by atoms with E-state index in [-0.39, 0.29) is 17.6 Å². The smallest absolute Gasteiger partial charge is 0.270 e. The third-order valence-corrected chi connectivity index (χ3v) is 3.90. The van der Waals surface area contributed by atoms with Crippen LogP contribution in [0.5, 0.6) is 5.88 Å². The molecule has 0 bridgehead atoms. The maximum absolute atomic E-state index is 12.4. The first kappa shape index (κ1) is 18.8. The molecule has 140 valence electrons. The summed E-state index contributed by atoms with van der Waals surface area (Å²) in [6.07, 6.45) is 0.466. The van der Waals surface area contributed by atoms with Gasteiger partial charge in [0.25, 0.3) is 5.91 Å². The molecule has 0 saturated carbocycles. The van der Waals surface area contributed by atoms with Crippen LogP contribution in [-0.4, -0.2) is 27.1 Å². The first-order chi connectivity index (χ1) is 13.0. The van der Waals surface area contributed by atoms with Crippen molar-refractivity contribution < 1.29 is 14.1 Å². The minimum Gasteiger partial charge on any atom is -0.473 e. The van der Waals surface area contributed by atoms with E-state index in [4.69, 9.17) is 20.9 Å². The fourth-order valence-electron chi connectivity index (χ4n) is 2.45. The van der Waals surface area contributed by atoms with Crippen LogP contribution in [-0.2, 0) is 13.0 Å². The molecule has 8 heteroatoms. The van der Waals surface area contributed by atoms with Crippen LogP contribution in [0.25, 0.3) is 0 Å².